The molecule has 2 atom stereocenters. The quantitative estimate of drug-likeness (QED) is 0.230. The molecule has 0 radical (unpaired) electrons. The molecule has 12 nitrogen and oxygen atoms in total. The van der Waals surface area contributed by atoms with Crippen LogP contribution in [0, 0.1) is 0 Å². The summed E-state index contributed by atoms with van der Waals surface area (Å²) in [6.07, 6.45) is 7.10. The number of rotatable bonds is 12. The number of carbonyl (C=O) groups is 3. The molecule has 272 valence electrons. The van der Waals surface area contributed by atoms with Gasteiger partial charge in [0.2, 0.25) is 0 Å². The number of hydrogen-bond donors (Lipinski definition) is 1. The molecule has 2 unspecified atom stereocenters. The highest BCUT2D eigenvalue weighted by Crippen LogP contribution is 2.28. The van der Waals surface area contributed by atoms with Crippen LogP contribution in [-0.2, 0) is 15.9 Å². The molecule has 2 aromatic heterocycles. The van der Waals surface area contributed by atoms with Crippen molar-refractivity contribution in [2.75, 3.05) is 39.3 Å². The van der Waals surface area contributed by atoms with Crippen LogP contribution in [0.25, 0.3) is 16.3 Å². The second-order valence-electron chi connectivity index (χ2n) is 14.9. The fraction of sp³-hybridized carbons (Fsp3) is 0.595. The largest absolute Gasteiger partial charge is 0.444 e. The van der Waals surface area contributed by atoms with Gasteiger partial charge in [0.25, 0.3) is 5.91 Å². The lowest BCUT2D eigenvalue weighted by molar-refractivity contribution is 0.0175. The predicted molar refractivity (Wildman–Crippen MR) is 195 cm³/mol. The second-order valence-corrected chi connectivity index (χ2v) is 15.8. The summed E-state index contributed by atoms with van der Waals surface area (Å²) < 4.78 is 13.3. The highest BCUT2D eigenvalue weighted by atomic mass is 32.1. The SMILES string of the molecule is CCCNC1CCN(C(=O)OC(C)(C)Cc2cccc(-n3cc(-c4nc(C(=O)N(CCC)C5CCN(C(=O)OC(C)(C)C)C5)cs4)cn3)c2)C1. The van der Waals surface area contributed by atoms with E-state index in [1.165, 1.54) is 11.3 Å². The number of likely N-dealkylation sites (tertiary alicyclic amines) is 2. The normalized spacial score (nSPS) is 18.1. The van der Waals surface area contributed by atoms with Crippen LogP contribution >= 0.6 is 11.3 Å². The van der Waals surface area contributed by atoms with Gasteiger partial charge in [0.05, 0.1) is 17.9 Å². The summed E-state index contributed by atoms with van der Waals surface area (Å²) in [5.41, 5.74) is 1.84. The summed E-state index contributed by atoms with van der Waals surface area (Å²) in [5.74, 6) is -0.133. The number of aromatic nitrogens is 3. The van der Waals surface area contributed by atoms with Crippen molar-refractivity contribution in [1.29, 1.82) is 0 Å². The van der Waals surface area contributed by atoms with E-state index in [4.69, 9.17) is 14.5 Å². The molecule has 0 aliphatic carbocycles. The Bertz CT molecular complexity index is 1630. The van der Waals surface area contributed by atoms with E-state index in [1.807, 2.05) is 70.8 Å². The first-order valence-corrected chi connectivity index (χ1v) is 18.7. The summed E-state index contributed by atoms with van der Waals surface area (Å²) in [5, 5.41) is 10.6. The summed E-state index contributed by atoms with van der Waals surface area (Å²) in [7, 11) is 0. The van der Waals surface area contributed by atoms with Gasteiger partial charge in [-0.15, -0.1) is 11.3 Å². The molecule has 2 aliphatic heterocycles. The van der Waals surface area contributed by atoms with Crippen LogP contribution in [0.1, 0.15) is 90.2 Å². The Kier molecular flexibility index (Phi) is 11.9. The lowest BCUT2D eigenvalue weighted by atomic mass is 9.98. The number of benzene rings is 1. The topological polar surface area (TPSA) is 122 Å². The molecule has 0 saturated carbocycles. The highest BCUT2D eigenvalue weighted by molar-refractivity contribution is 7.13. The fourth-order valence-electron chi connectivity index (χ4n) is 6.48. The third kappa shape index (κ3) is 9.63. The smallest absolute Gasteiger partial charge is 0.410 e. The molecular weight excluding hydrogens is 655 g/mol. The average Bonchev–Trinajstić information content (AvgIpc) is 3.88. The third-order valence-corrected chi connectivity index (χ3v) is 9.72. The molecule has 3 amide bonds. The van der Waals surface area contributed by atoms with Gasteiger partial charge in [-0.1, -0.05) is 26.0 Å². The van der Waals surface area contributed by atoms with Crippen LogP contribution in [0.15, 0.2) is 42.0 Å². The first kappa shape index (κ1) is 37.3. The van der Waals surface area contributed by atoms with Gasteiger partial charge in [-0.05, 0) is 84.5 Å². The highest BCUT2D eigenvalue weighted by Gasteiger charge is 2.36. The molecule has 5 rings (SSSR count). The van der Waals surface area contributed by atoms with Crippen molar-refractivity contribution in [1.82, 2.24) is 34.8 Å². The Hall–Kier alpha value is -3.97. The van der Waals surface area contributed by atoms with Crippen molar-refractivity contribution in [3.8, 4) is 16.3 Å². The molecule has 13 heteroatoms. The van der Waals surface area contributed by atoms with E-state index < -0.39 is 11.2 Å². The number of thiazole rings is 1. The molecular formula is C37H53N7O5S. The van der Waals surface area contributed by atoms with Gasteiger partial charge in [0.1, 0.15) is 21.9 Å². The van der Waals surface area contributed by atoms with Crippen molar-refractivity contribution in [3.63, 3.8) is 0 Å². The van der Waals surface area contributed by atoms with E-state index in [-0.39, 0.29) is 24.1 Å². The second kappa shape index (κ2) is 15.9. The maximum absolute atomic E-state index is 13.7. The zero-order chi connectivity index (χ0) is 36.1. The Morgan fingerprint density at radius 2 is 1.74 bits per heavy atom. The molecule has 1 N–H and O–H groups in total. The van der Waals surface area contributed by atoms with Crippen molar-refractivity contribution in [3.05, 3.63) is 53.3 Å². The molecule has 50 heavy (non-hydrogen) atoms. The molecule has 0 spiro atoms. The van der Waals surface area contributed by atoms with Crippen LogP contribution in [0.5, 0.6) is 0 Å². The van der Waals surface area contributed by atoms with E-state index >= 15 is 0 Å². The van der Waals surface area contributed by atoms with Gasteiger partial charge in [0, 0.05) is 62.3 Å². The molecule has 2 saturated heterocycles. The van der Waals surface area contributed by atoms with Gasteiger partial charge in [0.15, 0.2) is 0 Å². The molecule has 3 aromatic rings. The molecule has 2 fully saturated rings. The first-order valence-electron chi connectivity index (χ1n) is 17.9. The van der Waals surface area contributed by atoms with Gasteiger partial charge >= 0.3 is 12.2 Å². The number of nitrogens with one attached hydrogen (secondary N) is 1. The number of carbonyl (C=O) groups excluding carboxylic acids is 3. The van der Waals surface area contributed by atoms with Crippen LogP contribution in [0.4, 0.5) is 9.59 Å². The number of ether oxygens (including phenoxy) is 2. The zero-order valence-corrected chi connectivity index (χ0v) is 31.4. The number of hydrogen-bond acceptors (Lipinski definition) is 9. The molecule has 2 aliphatic rings. The van der Waals surface area contributed by atoms with Gasteiger partial charge in [-0.3, -0.25) is 4.79 Å². The van der Waals surface area contributed by atoms with Crippen molar-refractivity contribution in [2.24, 2.45) is 0 Å². The maximum Gasteiger partial charge on any atom is 0.410 e. The van der Waals surface area contributed by atoms with Crippen LogP contribution in [0.2, 0.25) is 0 Å². The van der Waals surface area contributed by atoms with E-state index in [0.717, 1.165) is 42.6 Å². The maximum atomic E-state index is 13.7. The van der Waals surface area contributed by atoms with Gasteiger partial charge < -0.3 is 29.5 Å². The van der Waals surface area contributed by atoms with Gasteiger partial charge in [-0.2, -0.15) is 5.10 Å². The summed E-state index contributed by atoms with van der Waals surface area (Å²) >= 11 is 1.41. The van der Waals surface area contributed by atoms with E-state index in [9.17, 15) is 14.4 Å². The number of amides is 3. The minimum Gasteiger partial charge on any atom is -0.444 e. The molecule has 0 bridgehead atoms. The summed E-state index contributed by atoms with van der Waals surface area (Å²) in [6, 6.07) is 8.27. The van der Waals surface area contributed by atoms with Crippen LogP contribution in [0.3, 0.4) is 0 Å². The van der Waals surface area contributed by atoms with E-state index in [0.29, 0.717) is 62.3 Å². The number of nitrogens with zero attached hydrogens (tertiary/aromatic N) is 6. The Balaban J connectivity index is 1.20. The van der Waals surface area contributed by atoms with Crippen molar-refractivity contribution >= 4 is 29.4 Å². The molecule has 4 heterocycles. The summed E-state index contributed by atoms with van der Waals surface area (Å²) in [4.78, 5) is 49.4. The lowest BCUT2D eigenvalue weighted by Crippen LogP contribution is -2.44. The monoisotopic (exact) mass is 707 g/mol. The van der Waals surface area contributed by atoms with Gasteiger partial charge in [-0.25, -0.2) is 19.3 Å². The van der Waals surface area contributed by atoms with E-state index in [2.05, 4.69) is 23.4 Å². The first-order chi connectivity index (χ1) is 23.7. The average molecular weight is 708 g/mol. The third-order valence-electron chi connectivity index (χ3n) is 8.83. The summed E-state index contributed by atoms with van der Waals surface area (Å²) in [6.45, 7) is 17.5. The predicted octanol–water partition coefficient (Wildman–Crippen LogP) is 6.39. The minimum absolute atomic E-state index is 0.0935. The Morgan fingerprint density at radius 1 is 1.00 bits per heavy atom. The Labute approximate surface area is 300 Å². The molecule has 1 aromatic carbocycles. The van der Waals surface area contributed by atoms with Crippen molar-refractivity contribution in [2.45, 2.75) is 104 Å². The lowest BCUT2D eigenvalue weighted by Gasteiger charge is -2.29. The van der Waals surface area contributed by atoms with Crippen molar-refractivity contribution < 1.29 is 23.9 Å². The zero-order valence-electron chi connectivity index (χ0n) is 30.6. The minimum atomic E-state index is -0.693. The standard InChI is InChI=1S/C37H53N7O5S/c1-8-15-38-28-13-17-41(23-28)35(47)49-37(6,7)20-26-11-10-12-29(19-26)44-22-27(21-39-44)32-40-31(25-50-32)33(45)43(16-9-2)30-14-18-42(24-30)34(46)48-36(3,4)5/h10-12,19,21-22,25,28,30,38H,8-9,13-18,20,23-24H2,1-7H3. The fourth-order valence-corrected chi connectivity index (χ4v) is 7.25. The Morgan fingerprint density at radius 3 is 2.48 bits per heavy atom. The van der Waals surface area contributed by atoms with Crippen LogP contribution in [-0.4, -0.2) is 110 Å². The van der Waals surface area contributed by atoms with E-state index in [1.54, 1.807) is 26.1 Å². The van der Waals surface area contributed by atoms with Crippen LogP contribution < -0.4 is 5.32 Å².